The number of rotatable bonds is 4. The van der Waals surface area contributed by atoms with E-state index in [0.29, 0.717) is 24.7 Å². The van der Waals surface area contributed by atoms with Crippen LogP contribution in [0, 0.1) is 27.7 Å². The minimum absolute atomic E-state index is 0.102. The van der Waals surface area contributed by atoms with Crippen LogP contribution in [0.4, 0.5) is 11.4 Å². The van der Waals surface area contributed by atoms with Crippen LogP contribution in [-0.4, -0.2) is 33.2 Å². The fourth-order valence-corrected chi connectivity index (χ4v) is 4.16. The highest BCUT2D eigenvalue weighted by atomic mass is 16.8. The summed E-state index contributed by atoms with van der Waals surface area (Å²) in [5, 5.41) is 48.6. The maximum absolute atomic E-state index is 12.5. The standard InChI is InChI=1S/C17H24N2O7/c1-16(2)12-7-14(17(3,21)8-13(12)16)26-15(20)9-4-10(18(22)23)6-11(5-9)19(24)25/h4-6,12-14,18-19,21-22,24H,7-8H2,1-3H3/t12-,13-,14+,17-/m0/s1. The number of nitrogens with one attached hydrogen (secondary N) is 2. The molecule has 2 unspecified atom stereocenters. The van der Waals surface area contributed by atoms with Crippen LogP contribution >= 0.6 is 0 Å². The van der Waals surface area contributed by atoms with E-state index >= 15 is 0 Å². The van der Waals surface area contributed by atoms with E-state index in [-0.39, 0.29) is 22.4 Å². The Hall–Kier alpha value is -1.59. The smallest absolute Gasteiger partial charge is 0.338 e. The number of ether oxygens (including phenoxy) is 1. The zero-order chi connectivity index (χ0) is 19.4. The van der Waals surface area contributed by atoms with Crippen molar-refractivity contribution in [2.45, 2.75) is 45.3 Å². The quantitative estimate of drug-likeness (QED) is 0.367. The van der Waals surface area contributed by atoms with Gasteiger partial charge in [0.05, 0.1) is 17.2 Å². The lowest BCUT2D eigenvalue weighted by Crippen LogP contribution is -3.00. The molecule has 0 saturated heterocycles. The van der Waals surface area contributed by atoms with Crippen LogP contribution in [0.2, 0.25) is 0 Å². The molecule has 0 amide bonds. The van der Waals surface area contributed by atoms with Gasteiger partial charge in [-0.05, 0) is 37.0 Å². The first-order chi connectivity index (χ1) is 11.9. The van der Waals surface area contributed by atoms with Gasteiger partial charge in [-0.15, -0.1) is 0 Å². The van der Waals surface area contributed by atoms with Gasteiger partial charge in [0.25, 0.3) is 0 Å². The summed E-state index contributed by atoms with van der Waals surface area (Å²) >= 11 is 0. The Labute approximate surface area is 150 Å². The SMILES string of the molecule is CC1(C)[C@H]2C[C@@H](OC(=O)c3cc([NH+]([O-])O)cc([NH+]([O-])O)c3)[C@@](C)(O)C[C@@H]21. The minimum Gasteiger partial charge on any atom is -0.595 e. The number of aliphatic hydroxyl groups is 1. The van der Waals surface area contributed by atoms with Gasteiger partial charge >= 0.3 is 5.97 Å². The summed E-state index contributed by atoms with van der Waals surface area (Å²) < 4.78 is 5.48. The molecule has 0 spiro atoms. The predicted molar refractivity (Wildman–Crippen MR) is 87.8 cm³/mol. The molecule has 3 rings (SSSR count). The second kappa shape index (κ2) is 6.24. The lowest BCUT2D eigenvalue weighted by Gasteiger charge is -2.36. The molecular formula is C17H24N2O7. The van der Waals surface area contributed by atoms with Crippen LogP contribution in [0.15, 0.2) is 18.2 Å². The summed E-state index contributed by atoms with van der Waals surface area (Å²) in [5.74, 6) is -0.0837. The van der Waals surface area contributed by atoms with Crippen LogP contribution < -0.4 is 10.5 Å². The number of quaternary nitrogens is 2. The van der Waals surface area contributed by atoms with Crippen molar-refractivity contribution in [2.75, 3.05) is 0 Å². The number of hydrogen-bond donors (Lipinski definition) is 5. The molecule has 1 aromatic carbocycles. The molecule has 2 fully saturated rings. The Balaban J connectivity index is 1.81. The van der Waals surface area contributed by atoms with Gasteiger partial charge in [-0.3, -0.25) is 0 Å². The van der Waals surface area contributed by atoms with Gasteiger partial charge in [-0.25, -0.2) is 15.2 Å². The lowest BCUT2D eigenvalue weighted by atomic mass is 9.83. The Morgan fingerprint density at radius 2 is 1.65 bits per heavy atom. The van der Waals surface area contributed by atoms with E-state index < -0.39 is 28.1 Å². The summed E-state index contributed by atoms with van der Waals surface area (Å²) in [4.78, 5) is 12.5. The maximum atomic E-state index is 12.5. The van der Waals surface area contributed by atoms with Gasteiger partial charge in [0, 0.05) is 12.1 Å². The van der Waals surface area contributed by atoms with Crippen molar-refractivity contribution in [1.29, 1.82) is 0 Å². The van der Waals surface area contributed by atoms with Crippen LogP contribution in [0.5, 0.6) is 0 Å². The van der Waals surface area contributed by atoms with E-state index in [0.717, 1.165) is 18.2 Å². The average molecular weight is 368 g/mol. The number of fused-ring (bicyclic) bond motifs is 1. The highest BCUT2D eigenvalue weighted by Crippen LogP contribution is 2.66. The molecular weight excluding hydrogens is 344 g/mol. The second-order valence-electron chi connectivity index (χ2n) is 8.13. The molecule has 2 saturated carbocycles. The first kappa shape index (κ1) is 19.2. The molecule has 26 heavy (non-hydrogen) atoms. The molecule has 9 heteroatoms. The summed E-state index contributed by atoms with van der Waals surface area (Å²) in [6.45, 7) is 5.88. The third kappa shape index (κ3) is 3.35. The lowest BCUT2D eigenvalue weighted by molar-refractivity contribution is -0.996. The van der Waals surface area contributed by atoms with Gasteiger partial charge in [-0.2, -0.15) is 10.5 Å². The van der Waals surface area contributed by atoms with Crippen molar-refractivity contribution in [3.05, 3.63) is 34.2 Å². The average Bonchev–Trinajstić information content (AvgIpc) is 3.05. The van der Waals surface area contributed by atoms with Crippen LogP contribution in [0.25, 0.3) is 0 Å². The molecule has 0 heterocycles. The van der Waals surface area contributed by atoms with E-state index in [1.54, 1.807) is 6.92 Å². The number of esters is 1. The van der Waals surface area contributed by atoms with Crippen LogP contribution in [0.1, 0.15) is 44.0 Å². The highest BCUT2D eigenvalue weighted by molar-refractivity contribution is 5.91. The van der Waals surface area contributed by atoms with E-state index in [1.165, 1.54) is 0 Å². The zero-order valence-electron chi connectivity index (χ0n) is 14.9. The van der Waals surface area contributed by atoms with Crippen molar-refractivity contribution in [3.63, 3.8) is 0 Å². The molecule has 1 aromatic rings. The Bertz CT molecular complexity index is 691. The molecule has 0 radical (unpaired) electrons. The molecule has 2 aliphatic carbocycles. The van der Waals surface area contributed by atoms with Crippen molar-refractivity contribution in [2.24, 2.45) is 17.3 Å². The molecule has 6 atom stereocenters. The largest absolute Gasteiger partial charge is 0.595 e. The van der Waals surface area contributed by atoms with Crippen molar-refractivity contribution in [1.82, 2.24) is 0 Å². The van der Waals surface area contributed by atoms with E-state index in [1.807, 2.05) is 0 Å². The molecule has 5 N–H and O–H groups in total. The molecule has 2 aliphatic rings. The second-order valence-corrected chi connectivity index (χ2v) is 8.13. The van der Waals surface area contributed by atoms with E-state index in [2.05, 4.69) is 13.8 Å². The first-order valence-corrected chi connectivity index (χ1v) is 8.48. The summed E-state index contributed by atoms with van der Waals surface area (Å²) in [5.41, 5.74) is -1.85. The Morgan fingerprint density at radius 3 is 2.15 bits per heavy atom. The van der Waals surface area contributed by atoms with Gasteiger partial charge in [0.15, 0.2) is 11.4 Å². The normalized spacial score (nSPS) is 34.5. The number of hydrogen-bond acceptors (Lipinski definition) is 7. The number of benzene rings is 1. The monoisotopic (exact) mass is 368 g/mol. The van der Waals surface area contributed by atoms with E-state index in [9.17, 15) is 20.3 Å². The summed E-state index contributed by atoms with van der Waals surface area (Å²) in [6.07, 6.45) is 0.332. The Morgan fingerprint density at radius 1 is 1.12 bits per heavy atom. The fourth-order valence-electron chi connectivity index (χ4n) is 4.16. The van der Waals surface area contributed by atoms with Crippen LogP contribution in [-0.2, 0) is 4.74 Å². The van der Waals surface area contributed by atoms with Crippen molar-refractivity contribution < 1.29 is 35.5 Å². The fraction of sp³-hybridized carbons (Fsp3) is 0.588. The minimum atomic E-state index is -1.34. The molecule has 0 bridgehead atoms. The van der Waals surface area contributed by atoms with Crippen molar-refractivity contribution >= 4 is 17.3 Å². The number of carbonyl (C=O) groups excluding carboxylic acids is 1. The predicted octanol–water partition coefficient (Wildman–Crippen LogP) is -0.164. The molecule has 144 valence electrons. The maximum Gasteiger partial charge on any atom is 0.338 e. The molecule has 9 nitrogen and oxygen atoms in total. The van der Waals surface area contributed by atoms with Gasteiger partial charge in [0.1, 0.15) is 6.10 Å². The topological polar surface area (TPSA) is 142 Å². The number of carbonyl (C=O) groups is 1. The Kier molecular flexibility index (Phi) is 4.60. The van der Waals surface area contributed by atoms with E-state index in [4.69, 9.17) is 15.2 Å². The van der Waals surface area contributed by atoms with Crippen molar-refractivity contribution in [3.8, 4) is 0 Å². The summed E-state index contributed by atoms with van der Waals surface area (Å²) in [7, 11) is 0. The van der Waals surface area contributed by atoms with Crippen LogP contribution in [0.3, 0.4) is 0 Å². The van der Waals surface area contributed by atoms with Gasteiger partial charge in [-0.1, -0.05) is 13.8 Å². The van der Waals surface area contributed by atoms with Gasteiger partial charge in [0.2, 0.25) is 0 Å². The molecule has 0 aromatic heterocycles. The van der Waals surface area contributed by atoms with Gasteiger partial charge < -0.3 is 20.3 Å². The zero-order valence-corrected chi connectivity index (χ0v) is 14.9. The third-order valence-corrected chi connectivity index (χ3v) is 5.99. The third-order valence-electron chi connectivity index (χ3n) is 5.99. The highest BCUT2D eigenvalue weighted by Gasteiger charge is 2.64. The molecule has 0 aliphatic heterocycles. The summed E-state index contributed by atoms with van der Waals surface area (Å²) in [6, 6.07) is 3.15. The first-order valence-electron chi connectivity index (χ1n) is 8.48.